The summed E-state index contributed by atoms with van der Waals surface area (Å²) in [6.45, 7) is 13.3. The molecular weight excluding hydrogens is 248 g/mol. The molecule has 1 aliphatic heterocycles. The number of likely N-dealkylation sites (N-methyl/N-ethyl adjacent to an activating group) is 1. The molecule has 1 atom stereocenters. The summed E-state index contributed by atoms with van der Waals surface area (Å²) < 4.78 is 0. The summed E-state index contributed by atoms with van der Waals surface area (Å²) in [5, 5.41) is 3.54. The molecule has 0 amide bonds. The van der Waals surface area contributed by atoms with Gasteiger partial charge in [0.15, 0.2) is 0 Å². The molecule has 1 aromatic rings. The third-order valence-electron chi connectivity index (χ3n) is 4.11. The summed E-state index contributed by atoms with van der Waals surface area (Å²) in [5.74, 6) is 1.13. The second kappa shape index (κ2) is 7.60. The molecule has 1 aliphatic rings. The van der Waals surface area contributed by atoms with Crippen molar-refractivity contribution >= 4 is 5.82 Å². The van der Waals surface area contributed by atoms with Crippen molar-refractivity contribution in [3.8, 4) is 0 Å². The van der Waals surface area contributed by atoms with E-state index in [9.17, 15) is 0 Å². The lowest BCUT2D eigenvalue weighted by Crippen LogP contribution is -2.46. The third kappa shape index (κ3) is 3.93. The van der Waals surface area contributed by atoms with E-state index in [0.29, 0.717) is 6.04 Å². The van der Waals surface area contributed by atoms with Crippen molar-refractivity contribution in [2.45, 2.75) is 33.2 Å². The van der Waals surface area contributed by atoms with E-state index in [1.807, 2.05) is 6.20 Å². The molecule has 4 heteroatoms. The summed E-state index contributed by atoms with van der Waals surface area (Å²) in [5.41, 5.74) is 1.33. The topological polar surface area (TPSA) is 31.4 Å². The van der Waals surface area contributed by atoms with Gasteiger partial charge in [-0.25, -0.2) is 4.98 Å². The van der Waals surface area contributed by atoms with Gasteiger partial charge in [0.1, 0.15) is 5.82 Å². The summed E-state index contributed by atoms with van der Waals surface area (Å²) in [6.07, 6.45) is 3.11. The fourth-order valence-electron chi connectivity index (χ4n) is 2.65. The Morgan fingerprint density at radius 3 is 2.65 bits per heavy atom. The van der Waals surface area contributed by atoms with E-state index in [4.69, 9.17) is 0 Å². The normalized spacial score (nSPS) is 18.2. The van der Waals surface area contributed by atoms with Crippen molar-refractivity contribution in [2.24, 2.45) is 0 Å². The maximum Gasteiger partial charge on any atom is 0.128 e. The minimum Gasteiger partial charge on any atom is -0.354 e. The number of anilines is 1. The van der Waals surface area contributed by atoms with Crippen molar-refractivity contribution in [1.82, 2.24) is 15.2 Å². The number of nitrogens with one attached hydrogen (secondary N) is 1. The van der Waals surface area contributed by atoms with Crippen LogP contribution in [0.5, 0.6) is 0 Å². The molecule has 0 aliphatic carbocycles. The number of rotatable bonds is 6. The van der Waals surface area contributed by atoms with E-state index in [2.05, 4.69) is 53.0 Å². The maximum atomic E-state index is 4.56. The van der Waals surface area contributed by atoms with Crippen LogP contribution in [0, 0.1) is 0 Å². The number of hydrogen-bond acceptors (Lipinski definition) is 4. The van der Waals surface area contributed by atoms with Gasteiger partial charge in [0, 0.05) is 38.4 Å². The van der Waals surface area contributed by atoms with Crippen LogP contribution in [0.3, 0.4) is 0 Å². The molecule has 0 spiro atoms. The van der Waals surface area contributed by atoms with Crippen LogP contribution in [0.25, 0.3) is 0 Å². The molecular formula is C16H28N4. The Hall–Kier alpha value is -1.13. The van der Waals surface area contributed by atoms with Crippen LogP contribution in [0.15, 0.2) is 18.3 Å². The summed E-state index contributed by atoms with van der Waals surface area (Å²) in [6, 6.07) is 4.77. The Morgan fingerprint density at radius 2 is 2.00 bits per heavy atom. The number of hydrogen-bond donors (Lipinski definition) is 1. The second-order valence-corrected chi connectivity index (χ2v) is 5.54. The van der Waals surface area contributed by atoms with Gasteiger partial charge >= 0.3 is 0 Å². The summed E-state index contributed by atoms with van der Waals surface area (Å²) >= 11 is 0. The lowest BCUT2D eigenvalue weighted by molar-refractivity contribution is 0.270. The molecule has 0 radical (unpaired) electrons. The first kappa shape index (κ1) is 15.3. The Balaban J connectivity index is 1.99. The van der Waals surface area contributed by atoms with Gasteiger partial charge in [-0.1, -0.05) is 13.8 Å². The van der Waals surface area contributed by atoms with Crippen LogP contribution in [-0.2, 0) is 0 Å². The zero-order valence-corrected chi connectivity index (χ0v) is 13.1. The average molecular weight is 276 g/mol. The van der Waals surface area contributed by atoms with Gasteiger partial charge in [0.05, 0.1) is 0 Å². The van der Waals surface area contributed by atoms with Crippen LogP contribution in [0.4, 0.5) is 5.82 Å². The Kier molecular flexibility index (Phi) is 5.80. The first-order valence-electron chi connectivity index (χ1n) is 7.91. The van der Waals surface area contributed by atoms with E-state index < -0.39 is 0 Å². The van der Waals surface area contributed by atoms with Crippen LogP contribution < -0.4 is 10.2 Å². The molecule has 1 fully saturated rings. The molecule has 0 aromatic carbocycles. The molecule has 1 N–H and O–H groups in total. The number of aromatic nitrogens is 1. The number of piperazine rings is 1. The maximum absolute atomic E-state index is 4.56. The van der Waals surface area contributed by atoms with E-state index in [1.54, 1.807) is 0 Å². The molecule has 4 nitrogen and oxygen atoms in total. The van der Waals surface area contributed by atoms with Crippen LogP contribution in [0.1, 0.15) is 38.8 Å². The van der Waals surface area contributed by atoms with Gasteiger partial charge in [-0.3, -0.25) is 0 Å². The minimum atomic E-state index is 0.397. The first-order valence-corrected chi connectivity index (χ1v) is 7.91. The van der Waals surface area contributed by atoms with Gasteiger partial charge in [-0.2, -0.15) is 0 Å². The second-order valence-electron chi connectivity index (χ2n) is 5.54. The summed E-state index contributed by atoms with van der Waals surface area (Å²) in [7, 11) is 0. The molecule has 2 heterocycles. The van der Waals surface area contributed by atoms with Gasteiger partial charge in [-0.05, 0) is 44.1 Å². The fourth-order valence-corrected chi connectivity index (χ4v) is 2.65. The molecule has 20 heavy (non-hydrogen) atoms. The van der Waals surface area contributed by atoms with E-state index >= 15 is 0 Å². The smallest absolute Gasteiger partial charge is 0.128 e. The molecule has 112 valence electrons. The van der Waals surface area contributed by atoms with Crippen LogP contribution >= 0.6 is 0 Å². The third-order valence-corrected chi connectivity index (χ3v) is 4.11. The quantitative estimate of drug-likeness (QED) is 0.864. The zero-order chi connectivity index (χ0) is 14.4. The first-order chi connectivity index (χ1) is 9.74. The molecule has 0 saturated carbocycles. The molecule has 1 saturated heterocycles. The molecule has 0 bridgehead atoms. The summed E-state index contributed by atoms with van der Waals surface area (Å²) in [4.78, 5) is 9.45. The van der Waals surface area contributed by atoms with Crippen molar-refractivity contribution in [3.63, 3.8) is 0 Å². The van der Waals surface area contributed by atoms with Gasteiger partial charge < -0.3 is 15.1 Å². The van der Waals surface area contributed by atoms with Crippen molar-refractivity contribution in [2.75, 3.05) is 44.2 Å². The van der Waals surface area contributed by atoms with Crippen molar-refractivity contribution in [3.05, 3.63) is 23.9 Å². The molecule has 1 unspecified atom stereocenters. The monoisotopic (exact) mass is 276 g/mol. The SMILES string of the molecule is CCCNC(C)c1ccnc(N2CCN(CC)CC2)c1. The largest absolute Gasteiger partial charge is 0.354 e. The van der Waals surface area contributed by atoms with E-state index in [-0.39, 0.29) is 0 Å². The van der Waals surface area contributed by atoms with Crippen molar-refractivity contribution < 1.29 is 0 Å². The minimum absolute atomic E-state index is 0.397. The van der Waals surface area contributed by atoms with Crippen LogP contribution in [-0.4, -0.2) is 49.2 Å². The molecule has 2 rings (SSSR count). The lowest BCUT2D eigenvalue weighted by Gasteiger charge is -2.35. The average Bonchev–Trinajstić information content (AvgIpc) is 2.52. The number of pyridine rings is 1. The molecule has 1 aromatic heterocycles. The highest BCUT2D eigenvalue weighted by molar-refractivity contribution is 5.42. The fraction of sp³-hybridized carbons (Fsp3) is 0.688. The van der Waals surface area contributed by atoms with Gasteiger partial charge in [0.25, 0.3) is 0 Å². The van der Waals surface area contributed by atoms with Crippen molar-refractivity contribution in [1.29, 1.82) is 0 Å². The zero-order valence-electron chi connectivity index (χ0n) is 13.1. The predicted octanol–water partition coefficient (Wildman–Crippen LogP) is 2.28. The van der Waals surface area contributed by atoms with Crippen LogP contribution in [0.2, 0.25) is 0 Å². The van der Waals surface area contributed by atoms with E-state index in [0.717, 1.165) is 45.1 Å². The van der Waals surface area contributed by atoms with Gasteiger partial charge in [-0.15, -0.1) is 0 Å². The standard InChI is InChI=1S/C16H28N4/c1-4-7-17-14(3)15-6-8-18-16(13-15)20-11-9-19(5-2)10-12-20/h6,8,13-14,17H,4-5,7,9-12H2,1-3H3. The van der Waals surface area contributed by atoms with E-state index in [1.165, 1.54) is 12.0 Å². The number of nitrogens with zero attached hydrogens (tertiary/aromatic N) is 3. The van der Waals surface area contributed by atoms with Gasteiger partial charge in [0.2, 0.25) is 0 Å². The lowest BCUT2D eigenvalue weighted by atomic mass is 10.1. The Morgan fingerprint density at radius 1 is 1.25 bits per heavy atom. The Labute approximate surface area is 123 Å². The predicted molar refractivity (Wildman–Crippen MR) is 85.3 cm³/mol. The Bertz CT molecular complexity index is 399. The highest BCUT2D eigenvalue weighted by Gasteiger charge is 2.17. The highest BCUT2D eigenvalue weighted by Crippen LogP contribution is 2.19. The highest BCUT2D eigenvalue weighted by atomic mass is 15.3.